The van der Waals surface area contributed by atoms with Crippen LogP contribution in [0.2, 0.25) is 0 Å². The Morgan fingerprint density at radius 1 is 0.897 bits per heavy atom. The van der Waals surface area contributed by atoms with Crippen molar-refractivity contribution in [1.82, 2.24) is 10.2 Å². The number of hydrogen-bond donors (Lipinski definition) is 1. The van der Waals surface area contributed by atoms with Crippen molar-refractivity contribution < 1.29 is 0 Å². The van der Waals surface area contributed by atoms with E-state index in [2.05, 4.69) is 69.7 Å². The number of anilines is 1. The molecule has 0 amide bonds. The molecule has 0 bridgehead atoms. The SMILES string of the molecule is c1ccc(N2CC3CNCC3C23CCN([C@@H]2CCCc4ccccc42)CC3)cc1. The molecule has 152 valence electrons. The Bertz CT molecular complexity index is 855. The van der Waals surface area contributed by atoms with Gasteiger partial charge in [-0.25, -0.2) is 0 Å². The van der Waals surface area contributed by atoms with Crippen molar-refractivity contribution in [3.05, 3.63) is 65.7 Å². The Kier molecular flexibility index (Phi) is 4.42. The highest BCUT2D eigenvalue weighted by Crippen LogP contribution is 2.50. The average Bonchev–Trinajstić information content (AvgIpc) is 3.37. The maximum absolute atomic E-state index is 3.72. The molecular formula is C26H33N3. The minimum absolute atomic E-state index is 0.347. The summed E-state index contributed by atoms with van der Waals surface area (Å²) in [6, 6.07) is 21.1. The van der Waals surface area contributed by atoms with Gasteiger partial charge >= 0.3 is 0 Å². The molecule has 1 aliphatic carbocycles. The number of hydrogen-bond acceptors (Lipinski definition) is 3. The molecule has 3 fully saturated rings. The highest BCUT2D eigenvalue weighted by atomic mass is 15.3. The third-order valence-corrected chi connectivity index (χ3v) is 8.49. The number of piperidine rings is 1. The molecule has 0 aromatic heterocycles. The highest BCUT2D eigenvalue weighted by Gasteiger charge is 2.56. The highest BCUT2D eigenvalue weighted by molar-refractivity contribution is 5.52. The molecule has 2 aromatic carbocycles. The molecule has 3 aliphatic heterocycles. The molecule has 3 saturated heterocycles. The van der Waals surface area contributed by atoms with Gasteiger partial charge in [-0.15, -0.1) is 0 Å². The number of aryl methyl sites for hydroxylation is 1. The monoisotopic (exact) mass is 387 g/mol. The fourth-order valence-corrected chi connectivity index (χ4v) is 7.11. The largest absolute Gasteiger partial charge is 0.365 e. The second-order valence-corrected chi connectivity index (χ2v) is 9.72. The van der Waals surface area contributed by atoms with E-state index in [1.165, 1.54) is 70.5 Å². The molecule has 0 radical (unpaired) electrons. The fourth-order valence-electron chi connectivity index (χ4n) is 7.11. The van der Waals surface area contributed by atoms with E-state index in [9.17, 15) is 0 Å². The van der Waals surface area contributed by atoms with E-state index in [-0.39, 0.29) is 0 Å². The van der Waals surface area contributed by atoms with Gasteiger partial charge in [0, 0.05) is 55.9 Å². The predicted molar refractivity (Wildman–Crippen MR) is 119 cm³/mol. The first-order chi connectivity index (χ1) is 14.4. The first-order valence-electron chi connectivity index (χ1n) is 11.7. The Morgan fingerprint density at radius 3 is 2.55 bits per heavy atom. The number of fused-ring (bicyclic) bond motifs is 3. The number of para-hydroxylation sites is 1. The van der Waals surface area contributed by atoms with Gasteiger partial charge in [0.2, 0.25) is 0 Å². The second-order valence-electron chi connectivity index (χ2n) is 9.72. The molecule has 3 nitrogen and oxygen atoms in total. The van der Waals surface area contributed by atoms with Gasteiger partial charge in [-0.05, 0) is 61.3 Å². The lowest BCUT2D eigenvalue weighted by molar-refractivity contribution is 0.0880. The predicted octanol–water partition coefficient (Wildman–Crippen LogP) is 4.25. The van der Waals surface area contributed by atoms with Gasteiger partial charge in [0.05, 0.1) is 0 Å². The summed E-state index contributed by atoms with van der Waals surface area (Å²) in [4.78, 5) is 5.64. The molecule has 29 heavy (non-hydrogen) atoms. The van der Waals surface area contributed by atoms with Gasteiger partial charge in [0.25, 0.3) is 0 Å². The number of likely N-dealkylation sites (tertiary alicyclic amines) is 1. The quantitative estimate of drug-likeness (QED) is 0.831. The molecular weight excluding hydrogens is 354 g/mol. The summed E-state index contributed by atoms with van der Waals surface area (Å²) in [5.74, 6) is 1.63. The number of benzene rings is 2. The molecule has 3 heteroatoms. The minimum Gasteiger partial charge on any atom is -0.365 e. The van der Waals surface area contributed by atoms with Crippen LogP contribution in [0.4, 0.5) is 5.69 Å². The van der Waals surface area contributed by atoms with Crippen molar-refractivity contribution in [2.45, 2.75) is 43.7 Å². The molecule has 2 aromatic rings. The van der Waals surface area contributed by atoms with Gasteiger partial charge in [-0.3, -0.25) is 4.90 Å². The van der Waals surface area contributed by atoms with Gasteiger partial charge in [-0.1, -0.05) is 42.5 Å². The number of nitrogens with zero attached hydrogens (tertiary/aromatic N) is 2. The van der Waals surface area contributed by atoms with Crippen LogP contribution < -0.4 is 10.2 Å². The van der Waals surface area contributed by atoms with Crippen LogP contribution in [0.25, 0.3) is 0 Å². The average molecular weight is 388 g/mol. The third kappa shape index (κ3) is 2.85. The van der Waals surface area contributed by atoms with Crippen molar-refractivity contribution in [3.63, 3.8) is 0 Å². The molecule has 3 heterocycles. The van der Waals surface area contributed by atoms with E-state index in [1.54, 1.807) is 11.1 Å². The van der Waals surface area contributed by atoms with Crippen LogP contribution in [0.1, 0.15) is 42.9 Å². The smallest absolute Gasteiger partial charge is 0.0470 e. The Balaban J connectivity index is 1.27. The lowest BCUT2D eigenvalue weighted by Crippen LogP contribution is -2.57. The lowest BCUT2D eigenvalue weighted by Gasteiger charge is -2.51. The summed E-state index contributed by atoms with van der Waals surface area (Å²) in [7, 11) is 0. The van der Waals surface area contributed by atoms with E-state index in [0.29, 0.717) is 11.6 Å². The summed E-state index contributed by atoms with van der Waals surface area (Å²) in [5, 5.41) is 3.72. The summed E-state index contributed by atoms with van der Waals surface area (Å²) in [6.07, 6.45) is 6.56. The van der Waals surface area contributed by atoms with Crippen LogP contribution in [-0.2, 0) is 6.42 Å². The topological polar surface area (TPSA) is 18.5 Å². The third-order valence-electron chi connectivity index (χ3n) is 8.49. The minimum atomic E-state index is 0.347. The van der Waals surface area contributed by atoms with Crippen molar-refractivity contribution in [1.29, 1.82) is 0 Å². The first-order valence-corrected chi connectivity index (χ1v) is 11.7. The van der Waals surface area contributed by atoms with Crippen molar-refractivity contribution in [3.8, 4) is 0 Å². The maximum Gasteiger partial charge on any atom is 0.0470 e. The lowest BCUT2D eigenvalue weighted by atomic mass is 9.74. The van der Waals surface area contributed by atoms with Crippen LogP contribution in [0.3, 0.4) is 0 Å². The summed E-state index contributed by atoms with van der Waals surface area (Å²) >= 11 is 0. The summed E-state index contributed by atoms with van der Waals surface area (Å²) < 4.78 is 0. The van der Waals surface area contributed by atoms with Gasteiger partial charge in [0.15, 0.2) is 0 Å². The zero-order valence-electron chi connectivity index (χ0n) is 17.4. The van der Waals surface area contributed by atoms with Crippen molar-refractivity contribution in [2.75, 3.05) is 37.6 Å². The zero-order chi connectivity index (χ0) is 19.3. The fraction of sp³-hybridized carbons (Fsp3) is 0.538. The Morgan fingerprint density at radius 2 is 1.69 bits per heavy atom. The van der Waals surface area contributed by atoms with E-state index in [0.717, 1.165) is 11.8 Å². The normalized spacial score (nSPS) is 31.0. The van der Waals surface area contributed by atoms with Crippen LogP contribution in [-0.4, -0.2) is 43.2 Å². The van der Waals surface area contributed by atoms with E-state index < -0.39 is 0 Å². The standard InChI is InChI=1S/C26H33N3/c1-2-9-22(10-3-1)29-19-21-17-27-18-24(21)26(29)13-15-28(16-14-26)25-12-6-8-20-7-4-5-11-23(20)25/h1-5,7,9-11,21,24-25,27H,6,8,12-19H2/t21?,24?,25-/m1/s1. The van der Waals surface area contributed by atoms with Crippen LogP contribution in [0.15, 0.2) is 54.6 Å². The summed E-state index contributed by atoms with van der Waals surface area (Å²) in [5.41, 5.74) is 5.00. The Labute approximate surface area is 175 Å². The molecule has 1 N–H and O–H groups in total. The maximum atomic E-state index is 3.72. The number of nitrogens with one attached hydrogen (secondary N) is 1. The molecule has 0 saturated carbocycles. The zero-order valence-corrected chi connectivity index (χ0v) is 17.4. The molecule has 1 spiro atoms. The van der Waals surface area contributed by atoms with E-state index in [4.69, 9.17) is 0 Å². The summed E-state index contributed by atoms with van der Waals surface area (Å²) in [6.45, 7) is 6.13. The van der Waals surface area contributed by atoms with Crippen LogP contribution in [0, 0.1) is 11.8 Å². The second kappa shape index (κ2) is 7.14. The first kappa shape index (κ1) is 18.0. The molecule has 6 rings (SSSR count). The van der Waals surface area contributed by atoms with Crippen LogP contribution >= 0.6 is 0 Å². The molecule has 3 atom stereocenters. The van der Waals surface area contributed by atoms with Gasteiger partial charge in [-0.2, -0.15) is 0 Å². The van der Waals surface area contributed by atoms with E-state index >= 15 is 0 Å². The van der Waals surface area contributed by atoms with E-state index in [1.807, 2.05) is 0 Å². The molecule has 2 unspecified atom stereocenters. The van der Waals surface area contributed by atoms with Crippen molar-refractivity contribution >= 4 is 5.69 Å². The molecule has 4 aliphatic rings. The van der Waals surface area contributed by atoms with Crippen molar-refractivity contribution in [2.24, 2.45) is 11.8 Å². The van der Waals surface area contributed by atoms with Crippen LogP contribution in [0.5, 0.6) is 0 Å². The Hall–Kier alpha value is -1.84. The van der Waals surface area contributed by atoms with Gasteiger partial charge < -0.3 is 10.2 Å². The number of rotatable bonds is 2. The van der Waals surface area contributed by atoms with Gasteiger partial charge in [0.1, 0.15) is 0 Å².